The highest BCUT2D eigenvalue weighted by Gasteiger charge is 2.58. The third-order valence-electron chi connectivity index (χ3n) is 6.20. The van der Waals surface area contributed by atoms with Gasteiger partial charge in [0.1, 0.15) is 0 Å². The molecule has 1 saturated heterocycles. The van der Waals surface area contributed by atoms with Gasteiger partial charge in [0.25, 0.3) is 0 Å². The molecule has 1 aliphatic heterocycles. The van der Waals surface area contributed by atoms with Crippen LogP contribution in [0.3, 0.4) is 0 Å². The van der Waals surface area contributed by atoms with Crippen molar-refractivity contribution in [3.63, 3.8) is 0 Å². The van der Waals surface area contributed by atoms with Crippen molar-refractivity contribution in [2.24, 2.45) is 13.0 Å². The van der Waals surface area contributed by atoms with Gasteiger partial charge in [-0.3, -0.25) is 9.59 Å². The van der Waals surface area contributed by atoms with E-state index in [-0.39, 0.29) is 17.9 Å². The van der Waals surface area contributed by atoms with Gasteiger partial charge >= 0.3 is 6.18 Å². The first-order chi connectivity index (χ1) is 14.1. The average molecular weight is 430 g/mol. The maximum absolute atomic E-state index is 13.6. The fourth-order valence-corrected chi connectivity index (χ4v) is 4.43. The smallest absolute Gasteiger partial charge is 0.374 e. The first-order valence-electron chi connectivity index (χ1n) is 10.5. The third kappa shape index (κ3) is 4.79. The highest BCUT2D eigenvalue weighted by molar-refractivity contribution is 5.79. The second kappa shape index (κ2) is 8.95. The van der Waals surface area contributed by atoms with Gasteiger partial charge in [0, 0.05) is 44.5 Å². The van der Waals surface area contributed by atoms with E-state index in [0.717, 1.165) is 36.4 Å². The zero-order chi connectivity index (χ0) is 21.9. The second-order valence-electron chi connectivity index (χ2n) is 8.40. The molecular weight excluding hydrogens is 401 g/mol. The Morgan fingerprint density at radius 2 is 1.80 bits per heavy atom. The number of aliphatic hydroxyl groups is 1. The quantitative estimate of drug-likeness (QED) is 0.750. The Balaban J connectivity index is 1.55. The topological polar surface area (TPSA) is 87.5 Å². The first-order valence-corrected chi connectivity index (χ1v) is 10.5. The molecule has 1 aliphatic carbocycles. The number of carbonyl (C=O) groups excluding carboxylic acids is 2. The monoisotopic (exact) mass is 430 g/mol. The SMILES string of the molecule is Cn1ccnc1C(O)(CC(=O)NC1CCN(C(=O)C2CCCCC2)CC1)C(F)(F)F. The zero-order valence-electron chi connectivity index (χ0n) is 17.1. The summed E-state index contributed by atoms with van der Waals surface area (Å²) in [6.07, 6.45) is 2.31. The number of alkyl halides is 3. The molecule has 3 rings (SSSR count). The Morgan fingerprint density at radius 3 is 2.33 bits per heavy atom. The molecule has 0 spiro atoms. The molecule has 2 amide bonds. The summed E-state index contributed by atoms with van der Waals surface area (Å²) in [5.74, 6) is -1.29. The Hall–Kier alpha value is -2.10. The van der Waals surface area contributed by atoms with E-state index in [0.29, 0.717) is 25.9 Å². The molecule has 1 saturated carbocycles. The van der Waals surface area contributed by atoms with Crippen molar-refractivity contribution in [2.75, 3.05) is 13.1 Å². The summed E-state index contributed by atoms with van der Waals surface area (Å²) in [6.45, 7) is 0.951. The molecule has 2 fully saturated rings. The fourth-order valence-electron chi connectivity index (χ4n) is 4.43. The summed E-state index contributed by atoms with van der Waals surface area (Å²) in [6, 6.07) is -0.327. The normalized spacial score (nSPS) is 21.3. The number of hydrogen-bond donors (Lipinski definition) is 2. The maximum atomic E-state index is 13.6. The lowest BCUT2D eigenvalue weighted by molar-refractivity contribution is -0.271. The minimum Gasteiger partial charge on any atom is -0.374 e. The van der Waals surface area contributed by atoms with Crippen LogP contribution in [0, 0.1) is 5.92 Å². The van der Waals surface area contributed by atoms with E-state index in [1.165, 1.54) is 19.7 Å². The standard InChI is InChI=1S/C20H29F3N4O3/c1-26-12-9-24-18(26)19(30,20(21,22)23)13-16(28)25-15-7-10-27(11-8-15)17(29)14-5-3-2-4-6-14/h9,12,14-15,30H,2-8,10-11,13H2,1H3,(H,25,28). The molecule has 1 unspecified atom stereocenters. The van der Waals surface area contributed by atoms with Gasteiger partial charge < -0.3 is 19.9 Å². The van der Waals surface area contributed by atoms with E-state index < -0.39 is 29.9 Å². The van der Waals surface area contributed by atoms with Gasteiger partial charge in [-0.05, 0) is 25.7 Å². The number of aromatic nitrogens is 2. The van der Waals surface area contributed by atoms with Gasteiger partial charge in [0.05, 0.1) is 6.42 Å². The summed E-state index contributed by atoms with van der Waals surface area (Å²) >= 11 is 0. The zero-order valence-corrected chi connectivity index (χ0v) is 17.1. The molecule has 10 heteroatoms. The lowest BCUT2D eigenvalue weighted by Crippen LogP contribution is -2.51. The predicted molar refractivity (Wildman–Crippen MR) is 102 cm³/mol. The number of rotatable bonds is 5. The van der Waals surface area contributed by atoms with E-state index >= 15 is 0 Å². The van der Waals surface area contributed by atoms with Gasteiger partial charge in [0.15, 0.2) is 5.82 Å². The number of hydrogen-bond acceptors (Lipinski definition) is 4. The van der Waals surface area contributed by atoms with Gasteiger partial charge in [-0.2, -0.15) is 13.2 Å². The molecule has 7 nitrogen and oxygen atoms in total. The van der Waals surface area contributed by atoms with Crippen molar-refractivity contribution >= 4 is 11.8 Å². The van der Waals surface area contributed by atoms with Crippen LogP contribution in [0.4, 0.5) is 13.2 Å². The van der Waals surface area contributed by atoms with Crippen LogP contribution in [0.5, 0.6) is 0 Å². The van der Waals surface area contributed by atoms with Crippen LogP contribution in [0.15, 0.2) is 12.4 Å². The minimum absolute atomic E-state index is 0.0736. The predicted octanol–water partition coefficient (Wildman–Crippen LogP) is 2.25. The highest BCUT2D eigenvalue weighted by atomic mass is 19.4. The van der Waals surface area contributed by atoms with Crippen LogP contribution in [-0.2, 0) is 22.2 Å². The van der Waals surface area contributed by atoms with Crippen LogP contribution in [-0.4, -0.2) is 56.7 Å². The second-order valence-corrected chi connectivity index (χ2v) is 8.40. The van der Waals surface area contributed by atoms with E-state index in [1.807, 2.05) is 0 Å². The maximum Gasteiger partial charge on any atom is 0.425 e. The van der Waals surface area contributed by atoms with Crippen molar-refractivity contribution < 1.29 is 27.9 Å². The number of nitrogens with zero attached hydrogens (tertiary/aromatic N) is 3. The van der Waals surface area contributed by atoms with Crippen molar-refractivity contribution in [1.82, 2.24) is 19.8 Å². The number of carbonyl (C=O) groups is 2. The molecule has 2 aliphatic rings. The van der Waals surface area contributed by atoms with E-state index in [9.17, 15) is 27.9 Å². The van der Waals surface area contributed by atoms with Gasteiger partial charge in [-0.1, -0.05) is 19.3 Å². The van der Waals surface area contributed by atoms with E-state index in [4.69, 9.17) is 0 Å². The molecule has 0 radical (unpaired) electrons. The van der Waals surface area contributed by atoms with Crippen molar-refractivity contribution in [1.29, 1.82) is 0 Å². The van der Waals surface area contributed by atoms with E-state index in [2.05, 4.69) is 10.3 Å². The number of aryl methyl sites for hydroxylation is 1. The van der Waals surface area contributed by atoms with Gasteiger partial charge in [0.2, 0.25) is 17.4 Å². The number of piperidine rings is 1. The summed E-state index contributed by atoms with van der Waals surface area (Å²) in [4.78, 5) is 30.4. The molecular formula is C20H29F3N4O3. The molecule has 2 heterocycles. The van der Waals surface area contributed by atoms with Crippen LogP contribution in [0.2, 0.25) is 0 Å². The molecule has 1 atom stereocenters. The number of amides is 2. The lowest BCUT2D eigenvalue weighted by Gasteiger charge is -2.36. The molecule has 168 valence electrons. The number of imidazole rings is 1. The first kappa shape index (κ1) is 22.6. The summed E-state index contributed by atoms with van der Waals surface area (Å²) < 4.78 is 41.8. The number of likely N-dealkylation sites (tertiary alicyclic amines) is 1. The summed E-state index contributed by atoms with van der Waals surface area (Å²) in [5, 5.41) is 12.9. The van der Waals surface area contributed by atoms with Crippen LogP contribution < -0.4 is 5.32 Å². The van der Waals surface area contributed by atoms with Crippen molar-refractivity contribution in [3.8, 4) is 0 Å². The molecule has 0 aromatic carbocycles. The van der Waals surface area contributed by atoms with Crippen LogP contribution in [0.1, 0.15) is 57.2 Å². The molecule has 1 aromatic rings. The van der Waals surface area contributed by atoms with Crippen LogP contribution >= 0.6 is 0 Å². The Labute approximate surface area is 173 Å². The van der Waals surface area contributed by atoms with Crippen molar-refractivity contribution in [3.05, 3.63) is 18.2 Å². The molecule has 0 bridgehead atoms. The number of nitrogens with one attached hydrogen (secondary N) is 1. The Bertz CT molecular complexity index is 753. The number of halogens is 3. The summed E-state index contributed by atoms with van der Waals surface area (Å²) in [5.41, 5.74) is -3.37. The largest absolute Gasteiger partial charge is 0.425 e. The Kier molecular flexibility index (Phi) is 6.74. The molecule has 1 aromatic heterocycles. The van der Waals surface area contributed by atoms with Gasteiger partial charge in [-0.15, -0.1) is 0 Å². The van der Waals surface area contributed by atoms with Gasteiger partial charge in [-0.25, -0.2) is 4.98 Å². The average Bonchev–Trinajstić information content (AvgIpc) is 3.14. The van der Waals surface area contributed by atoms with E-state index in [1.54, 1.807) is 4.90 Å². The Morgan fingerprint density at radius 1 is 1.17 bits per heavy atom. The highest BCUT2D eigenvalue weighted by Crippen LogP contribution is 2.40. The lowest BCUT2D eigenvalue weighted by atomic mass is 9.87. The van der Waals surface area contributed by atoms with Crippen LogP contribution in [0.25, 0.3) is 0 Å². The van der Waals surface area contributed by atoms with Crippen molar-refractivity contribution in [2.45, 2.75) is 69.2 Å². The summed E-state index contributed by atoms with van der Waals surface area (Å²) in [7, 11) is 1.33. The fraction of sp³-hybridized carbons (Fsp3) is 0.750. The third-order valence-corrected chi connectivity index (χ3v) is 6.20. The molecule has 2 N–H and O–H groups in total. The molecule has 30 heavy (non-hydrogen) atoms. The minimum atomic E-state index is -5.06.